The molecule has 0 saturated heterocycles. The molecule has 1 aromatic carbocycles. The summed E-state index contributed by atoms with van der Waals surface area (Å²) in [6, 6.07) is 11.4. The van der Waals surface area contributed by atoms with E-state index in [1.54, 1.807) is 6.07 Å². The van der Waals surface area contributed by atoms with Crippen molar-refractivity contribution < 1.29 is 9.32 Å². The van der Waals surface area contributed by atoms with Crippen LogP contribution in [-0.2, 0) is 5.41 Å². The lowest BCUT2D eigenvalue weighted by atomic mass is 9.93. The summed E-state index contributed by atoms with van der Waals surface area (Å²) < 4.78 is 5.23. The number of nitrogens with one attached hydrogen (secondary N) is 1. The Hall–Kier alpha value is -2.10. The van der Waals surface area contributed by atoms with Gasteiger partial charge in [0.25, 0.3) is 5.91 Å². The predicted molar refractivity (Wildman–Crippen MR) is 77.5 cm³/mol. The highest BCUT2D eigenvalue weighted by atomic mass is 16.5. The van der Waals surface area contributed by atoms with Gasteiger partial charge >= 0.3 is 0 Å². The second kappa shape index (κ2) is 5.49. The molecule has 0 aliphatic carbocycles. The lowest BCUT2D eigenvalue weighted by molar-refractivity contribution is 0.0930. The number of carbonyl (C=O) groups is 1. The van der Waals surface area contributed by atoms with Gasteiger partial charge in [-0.2, -0.15) is 0 Å². The average molecular weight is 272 g/mol. The van der Waals surface area contributed by atoms with Crippen molar-refractivity contribution >= 4 is 5.91 Å². The van der Waals surface area contributed by atoms with Crippen molar-refractivity contribution in [2.75, 3.05) is 0 Å². The normalized spacial score (nSPS) is 13.0. The topological polar surface area (TPSA) is 55.1 Å². The molecule has 4 heteroatoms. The summed E-state index contributed by atoms with van der Waals surface area (Å²) in [6.07, 6.45) is 0. The fourth-order valence-corrected chi connectivity index (χ4v) is 1.83. The third-order valence-electron chi connectivity index (χ3n) is 3.13. The van der Waals surface area contributed by atoms with Crippen molar-refractivity contribution in [3.8, 4) is 0 Å². The summed E-state index contributed by atoms with van der Waals surface area (Å²) >= 11 is 0. The summed E-state index contributed by atoms with van der Waals surface area (Å²) in [5, 5.41) is 6.76. The number of benzene rings is 1. The number of rotatable bonds is 3. The van der Waals surface area contributed by atoms with Crippen LogP contribution in [0.1, 0.15) is 55.5 Å². The Labute approximate surface area is 119 Å². The Morgan fingerprint density at radius 3 is 2.45 bits per heavy atom. The maximum atomic E-state index is 12.1. The number of carbonyl (C=O) groups excluding carboxylic acids is 1. The van der Waals surface area contributed by atoms with E-state index in [0.717, 1.165) is 5.56 Å². The maximum absolute atomic E-state index is 12.1. The van der Waals surface area contributed by atoms with E-state index in [1.165, 1.54) is 0 Å². The summed E-state index contributed by atoms with van der Waals surface area (Å²) in [4.78, 5) is 12.1. The molecule has 20 heavy (non-hydrogen) atoms. The first-order chi connectivity index (χ1) is 9.38. The molecule has 0 unspecified atom stereocenters. The molecule has 0 bridgehead atoms. The molecule has 2 aromatic rings. The molecule has 4 nitrogen and oxygen atoms in total. The molecule has 1 N–H and O–H groups in total. The second-order valence-electron chi connectivity index (χ2n) is 5.93. The number of amides is 1. The van der Waals surface area contributed by atoms with Gasteiger partial charge < -0.3 is 9.84 Å². The summed E-state index contributed by atoms with van der Waals surface area (Å²) in [5.74, 6) is 0.482. The Morgan fingerprint density at radius 2 is 1.90 bits per heavy atom. The monoisotopic (exact) mass is 272 g/mol. The molecule has 1 aromatic heterocycles. The van der Waals surface area contributed by atoms with Crippen molar-refractivity contribution in [2.45, 2.75) is 39.2 Å². The van der Waals surface area contributed by atoms with Crippen molar-refractivity contribution in [2.24, 2.45) is 0 Å². The first kappa shape index (κ1) is 14.3. The zero-order chi connectivity index (χ0) is 14.8. The molecule has 1 atom stereocenters. The van der Waals surface area contributed by atoms with Gasteiger partial charge in [-0.25, -0.2) is 0 Å². The van der Waals surface area contributed by atoms with Crippen molar-refractivity contribution in [1.82, 2.24) is 10.5 Å². The second-order valence-corrected chi connectivity index (χ2v) is 5.93. The van der Waals surface area contributed by atoms with Crippen LogP contribution in [0, 0.1) is 0 Å². The van der Waals surface area contributed by atoms with Crippen LogP contribution in [0.5, 0.6) is 0 Å². The van der Waals surface area contributed by atoms with Crippen LogP contribution in [0.2, 0.25) is 0 Å². The zero-order valence-corrected chi connectivity index (χ0v) is 12.3. The van der Waals surface area contributed by atoms with Crippen LogP contribution >= 0.6 is 0 Å². The number of aromatic nitrogens is 1. The minimum Gasteiger partial charge on any atom is -0.360 e. The first-order valence-corrected chi connectivity index (χ1v) is 6.71. The van der Waals surface area contributed by atoms with Gasteiger partial charge in [0.2, 0.25) is 0 Å². The van der Waals surface area contributed by atoms with Crippen LogP contribution in [0.25, 0.3) is 0 Å². The van der Waals surface area contributed by atoms with E-state index in [0.29, 0.717) is 11.5 Å². The van der Waals surface area contributed by atoms with E-state index in [4.69, 9.17) is 4.52 Å². The minimum absolute atomic E-state index is 0.0708. The summed E-state index contributed by atoms with van der Waals surface area (Å²) in [6.45, 7) is 7.99. The highest BCUT2D eigenvalue weighted by molar-refractivity contribution is 5.92. The molecular formula is C16H20N2O2. The lowest BCUT2D eigenvalue weighted by Crippen LogP contribution is -2.26. The molecular weight excluding hydrogens is 252 g/mol. The van der Waals surface area contributed by atoms with E-state index in [2.05, 4.69) is 10.5 Å². The van der Waals surface area contributed by atoms with Crippen LogP contribution in [-0.4, -0.2) is 11.1 Å². The lowest BCUT2D eigenvalue weighted by Gasteiger charge is -2.13. The van der Waals surface area contributed by atoms with Gasteiger partial charge in [-0.15, -0.1) is 0 Å². The largest absolute Gasteiger partial charge is 0.360 e. The summed E-state index contributed by atoms with van der Waals surface area (Å²) in [7, 11) is 0. The third-order valence-corrected chi connectivity index (χ3v) is 3.13. The van der Waals surface area contributed by atoms with Crippen molar-refractivity contribution in [3.63, 3.8) is 0 Å². The molecule has 0 spiro atoms. The molecule has 0 aliphatic rings. The molecule has 106 valence electrons. The smallest absolute Gasteiger partial charge is 0.273 e. The molecule has 0 radical (unpaired) electrons. The Bertz CT molecular complexity index is 582. The fraction of sp³-hybridized carbons (Fsp3) is 0.375. The molecule has 2 rings (SSSR count). The first-order valence-electron chi connectivity index (χ1n) is 6.71. The van der Waals surface area contributed by atoms with Crippen LogP contribution in [0.3, 0.4) is 0 Å². The van der Waals surface area contributed by atoms with Gasteiger partial charge in [0, 0.05) is 11.5 Å². The standard InChI is InChI=1S/C16H20N2O2/c1-11(12-8-6-5-7-9-12)17-15(19)13-10-14(20-18-13)16(2,3)4/h5-11H,1-4H3,(H,17,19)/t11-/m1/s1. The van der Waals surface area contributed by atoms with E-state index < -0.39 is 0 Å². The van der Waals surface area contributed by atoms with Crippen molar-refractivity contribution in [3.05, 3.63) is 53.4 Å². The third kappa shape index (κ3) is 3.26. The molecule has 0 fully saturated rings. The van der Waals surface area contributed by atoms with Gasteiger partial charge in [0.05, 0.1) is 6.04 Å². The summed E-state index contributed by atoms with van der Waals surface area (Å²) in [5.41, 5.74) is 1.22. The predicted octanol–water partition coefficient (Wildman–Crippen LogP) is 3.46. The highest BCUT2D eigenvalue weighted by Crippen LogP contribution is 2.23. The Morgan fingerprint density at radius 1 is 1.25 bits per heavy atom. The van der Waals surface area contributed by atoms with Gasteiger partial charge in [-0.05, 0) is 12.5 Å². The van der Waals surface area contributed by atoms with Crippen LogP contribution in [0.15, 0.2) is 40.9 Å². The Balaban J connectivity index is 2.07. The minimum atomic E-state index is -0.222. The zero-order valence-electron chi connectivity index (χ0n) is 12.3. The molecule has 0 aliphatic heterocycles. The quantitative estimate of drug-likeness (QED) is 0.930. The van der Waals surface area contributed by atoms with Crippen LogP contribution < -0.4 is 5.32 Å². The van der Waals surface area contributed by atoms with E-state index >= 15 is 0 Å². The highest BCUT2D eigenvalue weighted by Gasteiger charge is 2.22. The van der Waals surface area contributed by atoms with Gasteiger partial charge in [0.1, 0.15) is 5.76 Å². The molecule has 1 heterocycles. The number of hydrogen-bond acceptors (Lipinski definition) is 3. The van der Waals surface area contributed by atoms with Gasteiger partial charge in [0.15, 0.2) is 5.69 Å². The average Bonchev–Trinajstić information content (AvgIpc) is 2.89. The maximum Gasteiger partial charge on any atom is 0.273 e. The van der Waals surface area contributed by atoms with Gasteiger partial charge in [-0.1, -0.05) is 56.3 Å². The number of hydrogen-bond donors (Lipinski definition) is 1. The van der Waals surface area contributed by atoms with E-state index in [9.17, 15) is 4.79 Å². The molecule has 0 saturated carbocycles. The van der Waals surface area contributed by atoms with Crippen LogP contribution in [0.4, 0.5) is 0 Å². The van der Waals surface area contributed by atoms with Gasteiger partial charge in [-0.3, -0.25) is 4.79 Å². The van der Waals surface area contributed by atoms with Crippen molar-refractivity contribution in [1.29, 1.82) is 0 Å². The fourth-order valence-electron chi connectivity index (χ4n) is 1.83. The Kier molecular flexibility index (Phi) is 3.93. The van der Waals surface area contributed by atoms with E-state index in [-0.39, 0.29) is 17.4 Å². The molecule has 1 amide bonds. The SMILES string of the molecule is C[C@@H](NC(=O)c1cc(C(C)(C)C)on1)c1ccccc1. The van der Waals surface area contributed by atoms with E-state index in [1.807, 2.05) is 58.0 Å². The number of nitrogens with zero attached hydrogens (tertiary/aromatic N) is 1.